The zero-order valence-corrected chi connectivity index (χ0v) is 12.7. The number of hydrogen-bond acceptors (Lipinski definition) is 2. The third kappa shape index (κ3) is 3.08. The van der Waals surface area contributed by atoms with E-state index in [4.69, 9.17) is 28.9 Å². The van der Waals surface area contributed by atoms with Crippen molar-refractivity contribution in [2.75, 3.05) is 13.1 Å². The molecule has 0 radical (unpaired) electrons. The maximum absolute atomic E-state index is 13.5. The van der Waals surface area contributed by atoms with Gasteiger partial charge in [-0.2, -0.15) is 0 Å². The highest BCUT2D eigenvalue weighted by Gasteiger charge is 2.30. The predicted octanol–water partition coefficient (Wildman–Crippen LogP) is 3.33. The first-order chi connectivity index (χ1) is 9.43. The van der Waals surface area contributed by atoms with Crippen LogP contribution in [0.3, 0.4) is 0 Å². The van der Waals surface area contributed by atoms with Crippen LogP contribution in [0, 0.1) is 11.7 Å². The summed E-state index contributed by atoms with van der Waals surface area (Å²) in [5.41, 5.74) is 5.88. The maximum Gasteiger partial charge on any atom is 0.255 e. The van der Waals surface area contributed by atoms with Crippen LogP contribution < -0.4 is 5.73 Å². The van der Waals surface area contributed by atoms with Gasteiger partial charge in [0, 0.05) is 19.1 Å². The maximum atomic E-state index is 13.5. The summed E-state index contributed by atoms with van der Waals surface area (Å²) in [5.74, 6) is -0.396. The number of nitrogens with zero attached hydrogens (tertiary/aromatic N) is 1. The normalized spacial score (nSPS) is 22.9. The molecule has 20 heavy (non-hydrogen) atoms. The molecule has 6 heteroatoms. The number of likely N-dealkylation sites (tertiary alicyclic amines) is 1. The molecular weight excluding hydrogens is 302 g/mol. The van der Waals surface area contributed by atoms with Crippen LogP contribution in [0.5, 0.6) is 0 Å². The minimum absolute atomic E-state index is 0.0268. The molecule has 3 nitrogen and oxygen atoms in total. The summed E-state index contributed by atoms with van der Waals surface area (Å²) in [6.07, 6.45) is 1.77. The van der Waals surface area contributed by atoms with Gasteiger partial charge in [0.15, 0.2) is 0 Å². The van der Waals surface area contributed by atoms with Crippen molar-refractivity contribution in [2.45, 2.75) is 25.8 Å². The summed E-state index contributed by atoms with van der Waals surface area (Å²) in [6, 6.07) is 2.33. The average Bonchev–Trinajstić information content (AvgIpc) is 2.42. The number of rotatable bonds is 2. The van der Waals surface area contributed by atoms with Gasteiger partial charge >= 0.3 is 0 Å². The Morgan fingerprint density at radius 3 is 2.80 bits per heavy atom. The van der Waals surface area contributed by atoms with Crippen molar-refractivity contribution in [3.05, 3.63) is 33.6 Å². The molecule has 2 rings (SSSR count). The summed E-state index contributed by atoms with van der Waals surface area (Å²) < 4.78 is 13.5. The lowest BCUT2D eigenvalue weighted by atomic mass is 9.92. The molecule has 110 valence electrons. The molecule has 1 heterocycles. The third-order valence-corrected chi connectivity index (χ3v) is 4.35. The second kappa shape index (κ2) is 6.29. The van der Waals surface area contributed by atoms with Gasteiger partial charge in [-0.3, -0.25) is 4.79 Å². The Kier molecular flexibility index (Phi) is 4.89. The van der Waals surface area contributed by atoms with Crippen molar-refractivity contribution < 1.29 is 9.18 Å². The fraction of sp³-hybridized carbons (Fsp3) is 0.500. The molecule has 0 aromatic heterocycles. The van der Waals surface area contributed by atoms with E-state index >= 15 is 0 Å². The van der Waals surface area contributed by atoms with Crippen LogP contribution in [-0.4, -0.2) is 29.9 Å². The monoisotopic (exact) mass is 318 g/mol. The van der Waals surface area contributed by atoms with Gasteiger partial charge in [-0.15, -0.1) is 0 Å². The number of carbonyl (C=O) groups is 1. The second-order valence-electron chi connectivity index (χ2n) is 5.26. The highest BCUT2D eigenvalue weighted by molar-refractivity contribution is 6.36. The Bertz CT molecular complexity index is 524. The molecular formula is C14H17Cl2FN2O. The van der Waals surface area contributed by atoms with E-state index in [1.807, 2.05) is 0 Å². The fourth-order valence-corrected chi connectivity index (χ4v) is 3.05. The lowest BCUT2D eigenvalue weighted by Gasteiger charge is -2.38. The lowest BCUT2D eigenvalue weighted by molar-refractivity contribution is 0.0573. The number of hydrogen-bond donors (Lipinski definition) is 1. The molecule has 0 aliphatic carbocycles. The molecule has 0 saturated carbocycles. The van der Waals surface area contributed by atoms with E-state index in [0.29, 0.717) is 19.0 Å². The summed E-state index contributed by atoms with van der Waals surface area (Å²) in [4.78, 5) is 14.2. The topological polar surface area (TPSA) is 46.3 Å². The fourth-order valence-electron chi connectivity index (χ4n) is 2.58. The van der Waals surface area contributed by atoms with Crippen molar-refractivity contribution in [2.24, 2.45) is 11.7 Å². The van der Waals surface area contributed by atoms with E-state index in [0.717, 1.165) is 18.9 Å². The number of carbonyl (C=O) groups excluding carboxylic acids is 1. The molecule has 1 aliphatic heterocycles. The van der Waals surface area contributed by atoms with Crippen LogP contribution in [0.1, 0.15) is 30.1 Å². The first kappa shape index (κ1) is 15.5. The zero-order chi connectivity index (χ0) is 14.9. The van der Waals surface area contributed by atoms with E-state index in [2.05, 4.69) is 6.92 Å². The van der Waals surface area contributed by atoms with E-state index in [1.54, 1.807) is 4.90 Å². The first-order valence-electron chi connectivity index (χ1n) is 6.59. The predicted molar refractivity (Wildman–Crippen MR) is 78.7 cm³/mol. The van der Waals surface area contributed by atoms with Gasteiger partial charge < -0.3 is 10.6 Å². The van der Waals surface area contributed by atoms with Crippen molar-refractivity contribution in [1.82, 2.24) is 4.90 Å². The van der Waals surface area contributed by atoms with E-state index in [1.165, 1.54) is 6.07 Å². The van der Waals surface area contributed by atoms with E-state index < -0.39 is 5.82 Å². The Morgan fingerprint density at radius 1 is 1.45 bits per heavy atom. The quantitative estimate of drug-likeness (QED) is 0.850. The van der Waals surface area contributed by atoms with Crippen LogP contribution in [0.2, 0.25) is 10.0 Å². The van der Waals surface area contributed by atoms with Crippen LogP contribution in [0.15, 0.2) is 12.1 Å². The van der Waals surface area contributed by atoms with Crippen molar-refractivity contribution in [1.29, 1.82) is 0 Å². The smallest absolute Gasteiger partial charge is 0.255 e. The van der Waals surface area contributed by atoms with E-state index in [-0.39, 0.29) is 27.6 Å². The molecule has 1 aromatic carbocycles. The number of halogens is 3. The Hall–Kier alpha value is -0.840. The minimum atomic E-state index is -0.644. The Morgan fingerprint density at radius 2 is 2.15 bits per heavy atom. The molecule has 1 fully saturated rings. The van der Waals surface area contributed by atoms with Crippen molar-refractivity contribution in [3.8, 4) is 0 Å². The number of amides is 1. The average molecular weight is 319 g/mol. The zero-order valence-electron chi connectivity index (χ0n) is 11.2. The minimum Gasteiger partial charge on any atom is -0.334 e. The first-order valence-corrected chi connectivity index (χ1v) is 7.35. The summed E-state index contributed by atoms with van der Waals surface area (Å²) >= 11 is 11.7. The van der Waals surface area contributed by atoms with Crippen LogP contribution in [0.25, 0.3) is 0 Å². The van der Waals surface area contributed by atoms with Gasteiger partial charge in [-0.1, -0.05) is 30.1 Å². The van der Waals surface area contributed by atoms with Gasteiger partial charge in [0.1, 0.15) is 5.82 Å². The SMILES string of the molecule is CC1CCN(C(=O)c2cc(F)c(Cl)cc2Cl)C(CN)C1. The number of piperidine rings is 1. The molecule has 1 saturated heterocycles. The van der Waals surface area contributed by atoms with Gasteiger partial charge in [0.05, 0.1) is 15.6 Å². The summed E-state index contributed by atoms with van der Waals surface area (Å²) in [5, 5.41) is 0.0741. The van der Waals surface area contributed by atoms with Gasteiger partial charge in [0.2, 0.25) is 0 Å². The largest absolute Gasteiger partial charge is 0.334 e. The summed E-state index contributed by atoms with van der Waals surface area (Å²) in [7, 11) is 0. The Balaban J connectivity index is 2.28. The van der Waals surface area contributed by atoms with Crippen molar-refractivity contribution >= 4 is 29.1 Å². The molecule has 0 spiro atoms. The molecule has 0 bridgehead atoms. The standard InChI is InChI=1S/C14H17Cl2FN2O/c1-8-2-3-19(9(4-8)7-18)14(20)10-5-13(17)12(16)6-11(10)15/h5-6,8-9H,2-4,7,18H2,1H3. The molecule has 2 atom stereocenters. The molecule has 1 aromatic rings. The highest BCUT2D eigenvalue weighted by Crippen LogP contribution is 2.28. The third-order valence-electron chi connectivity index (χ3n) is 3.75. The van der Waals surface area contributed by atoms with Gasteiger partial charge in [-0.25, -0.2) is 4.39 Å². The molecule has 2 unspecified atom stereocenters. The number of benzene rings is 1. The molecule has 1 amide bonds. The highest BCUT2D eigenvalue weighted by atomic mass is 35.5. The van der Waals surface area contributed by atoms with Crippen LogP contribution in [0.4, 0.5) is 4.39 Å². The molecule has 2 N–H and O–H groups in total. The lowest BCUT2D eigenvalue weighted by Crippen LogP contribution is -2.49. The summed E-state index contributed by atoms with van der Waals surface area (Å²) in [6.45, 7) is 3.14. The van der Waals surface area contributed by atoms with Crippen LogP contribution in [-0.2, 0) is 0 Å². The number of nitrogens with two attached hydrogens (primary N) is 1. The van der Waals surface area contributed by atoms with Crippen molar-refractivity contribution in [3.63, 3.8) is 0 Å². The Labute approximate surface area is 127 Å². The van der Waals surface area contributed by atoms with Gasteiger partial charge in [-0.05, 0) is 30.9 Å². The van der Waals surface area contributed by atoms with E-state index in [9.17, 15) is 9.18 Å². The van der Waals surface area contributed by atoms with Gasteiger partial charge in [0.25, 0.3) is 5.91 Å². The molecule has 1 aliphatic rings. The van der Waals surface area contributed by atoms with Crippen LogP contribution >= 0.6 is 23.2 Å². The second-order valence-corrected chi connectivity index (χ2v) is 6.08.